The van der Waals surface area contributed by atoms with Gasteiger partial charge in [-0.05, 0) is 39.8 Å². The van der Waals surface area contributed by atoms with Crippen molar-refractivity contribution >= 4 is 0 Å². The zero-order valence-electron chi connectivity index (χ0n) is 11.9. The maximum absolute atomic E-state index is 4.52. The van der Waals surface area contributed by atoms with Crippen molar-refractivity contribution < 1.29 is 0 Å². The molecule has 1 aliphatic rings. The van der Waals surface area contributed by atoms with Gasteiger partial charge in [0.15, 0.2) is 0 Å². The van der Waals surface area contributed by atoms with Crippen LogP contribution in [0, 0.1) is 6.92 Å². The van der Waals surface area contributed by atoms with Gasteiger partial charge in [-0.1, -0.05) is 6.92 Å². The molecule has 4 nitrogen and oxygen atoms in total. The molecule has 0 aromatic carbocycles. The zero-order valence-corrected chi connectivity index (χ0v) is 11.9. The first kappa shape index (κ1) is 13.6. The van der Waals surface area contributed by atoms with Gasteiger partial charge in [-0.2, -0.15) is 5.10 Å². The van der Waals surface area contributed by atoms with Crippen molar-refractivity contribution in [2.75, 3.05) is 19.6 Å². The summed E-state index contributed by atoms with van der Waals surface area (Å²) in [6.07, 6.45) is 4.85. The largest absolute Gasteiger partial charge is 0.313 e. The highest BCUT2D eigenvalue weighted by atomic mass is 15.3. The first-order chi connectivity index (χ1) is 8.72. The summed E-state index contributed by atoms with van der Waals surface area (Å²) in [6.45, 7) is 11.9. The molecule has 1 N–H and O–H groups in total. The summed E-state index contributed by atoms with van der Waals surface area (Å²) in [7, 11) is 0. The van der Waals surface area contributed by atoms with Crippen molar-refractivity contribution in [3.63, 3.8) is 0 Å². The van der Waals surface area contributed by atoms with Gasteiger partial charge < -0.3 is 5.32 Å². The van der Waals surface area contributed by atoms with Gasteiger partial charge in [-0.3, -0.25) is 9.58 Å². The minimum Gasteiger partial charge on any atom is -0.313 e. The molecule has 0 spiro atoms. The summed E-state index contributed by atoms with van der Waals surface area (Å²) in [5.74, 6) is 0. The molecule has 1 atom stereocenters. The summed E-state index contributed by atoms with van der Waals surface area (Å²) in [5.41, 5.74) is 2.55. The van der Waals surface area contributed by atoms with Crippen molar-refractivity contribution in [1.82, 2.24) is 20.0 Å². The lowest BCUT2D eigenvalue weighted by molar-refractivity contribution is 0.253. The number of aromatic nitrogens is 2. The molecule has 2 rings (SSSR count). The first-order valence-corrected chi connectivity index (χ1v) is 7.21. The van der Waals surface area contributed by atoms with Crippen LogP contribution in [0.1, 0.15) is 37.9 Å². The van der Waals surface area contributed by atoms with Gasteiger partial charge in [0.05, 0.1) is 5.69 Å². The zero-order chi connectivity index (χ0) is 13.0. The second kappa shape index (κ2) is 6.34. The number of aryl methyl sites for hydroxylation is 2. The summed E-state index contributed by atoms with van der Waals surface area (Å²) in [5, 5.41) is 8.10. The Morgan fingerprint density at radius 3 is 2.89 bits per heavy atom. The van der Waals surface area contributed by atoms with Crippen LogP contribution in [-0.4, -0.2) is 40.4 Å². The Hall–Kier alpha value is -0.870. The van der Waals surface area contributed by atoms with Crippen LogP contribution >= 0.6 is 0 Å². The smallest absolute Gasteiger partial charge is 0.0638 e. The molecule has 1 saturated heterocycles. The first-order valence-electron chi connectivity index (χ1n) is 7.21. The highest BCUT2D eigenvalue weighted by Crippen LogP contribution is 2.12. The van der Waals surface area contributed by atoms with Crippen LogP contribution < -0.4 is 5.32 Å². The lowest BCUT2D eigenvalue weighted by Gasteiger charge is -2.23. The monoisotopic (exact) mass is 250 g/mol. The van der Waals surface area contributed by atoms with Gasteiger partial charge in [0.1, 0.15) is 0 Å². The SMILES string of the molecule is CCN(Cc1cn(CC)nc1C)C[C@@H]1CCCN1. The number of hydrogen-bond donors (Lipinski definition) is 1. The van der Waals surface area contributed by atoms with E-state index in [1.807, 2.05) is 4.68 Å². The van der Waals surface area contributed by atoms with E-state index in [2.05, 4.69) is 42.3 Å². The number of likely N-dealkylation sites (N-methyl/N-ethyl adjacent to an activating group) is 1. The van der Waals surface area contributed by atoms with E-state index in [1.165, 1.54) is 30.6 Å². The van der Waals surface area contributed by atoms with E-state index in [4.69, 9.17) is 0 Å². The summed E-state index contributed by atoms with van der Waals surface area (Å²) in [6, 6.07) is 0.687. The topological polar surface area (TPSA) is 33.1 Å². The Kier molecular flexibility index (Phi) is 4.78. The summed E-state index contributed by atoms with van der Waals surface area (Å²) >= 11 is 0. The fraction of sp³-hybridized carbons (Fsp3) is 0.786. The lowest BCUT2D eigenvalue weighted by atomic mass is 10.2. The quantitative estimate of drug-likeness (QED) is 0.835. The molecule has 4 heteroatoms. The van der Waals surface area contributed by atoms with Gasteiger partial charge in [-0.25, -0.2) is 0 Å². The van der Waals surface area contributed by atoms with E-state index in [1.54, 1.807) is 0 Å². The molecule has 2 heterocycles. The third-order valence-corrected chi connectivity index (χ3v) is 3.85. The van der Waals surface area contributed by atoms with Gasteiger partial charge >= 0.3 is 0 Å². The number of nitrogens with zero attached hydrogens (tertiary/aromatic N) is 3. The maximum Gasteiger partial charge on any atom is 0.0638 e. The number of rotatable bonds is 6. The molecule has 0 saturated carbocycles. The maximum atomic E-state index is 4.52. The molecular formula is C14H26N4. The molecule has 1 fully saturated rings. The van der Waals surface area contributed by atoms with Gasteiger partial charge in [-0.15, -0.1) is 0 Å². The predicted molar refractivity (Wildman–Crippen MR) is 74.6 cm³/mol. The van der Waals surface area contributed by atoms with E-state index < -0.39 is 0 Å². The van der Waals surface area contributed by atoms with Crippen molar-refractivity contribution in [3.8, 4) is 0 Å². The highest BCUT2D eigenvalue weighted by molar-refractivity contribution is 5.15. The van der Waals surface area contributed by atoms with Crippen LogP contribution in [0.3, 0.4) is 0 Å². The minimum atomic E-state index is 0.687. The summed E-state index contributed by atoms with van der Waals surface area (Å²) < 4.78 is 2.03. The Bertz CT molecular complexity index is 366. The van der Waals surface area contributed by atoms with Crippen LogP contribution in [0.25, 0.3) is 0 Å². The predicted octanol–water partition coefficient (Wildman–Crippen LogP) is 1.79. The molecule has 0 unspecified atom stereocenters. The van der Waals surface area contributed by atoms with E-state index >= 15 is 0 Å². The molecule has 1 aromatic heterocycles. The molecule has 1 aliphatic heterocycles. The average molecular weight is 250 g/mol. The molecule has 18 heavy (non-hydrogen) atoms. The fourth-order valence-corrected chi connectivity index (χ4v) is 2.65. The van der Waals surface area contributed by atoms with E-state index in [9.17, 15) is 0 Å². The van der Waals surface area contributed by atoms with E-state index in [-0.39, 0.29) is 0 Å². The number of hydrogen-bond acceptors (Lipinski definition) is 3. The highest BCUT2D eigenvalue weighted by Gasteiger charge is 2.18. The van der Waals surface area contributed by atoms with Crippen molar-refractivity contribution in [1.29, 1.82) is 0 Å². The molecule has 0 bridgehead atoms. The molecule has 1 aromatic rings. The van der Waals surface area contributed by atoms with Crippen LogP contribution in [0.15, 0.2) is 6.20 Å². The van der Waals surface area contributed by atoms with Gasteiger partial charge in [0, 0.05) is 37.4 Å². The van der Waals surface area contributed by atoms with Crippen LogP contribution in [0.2, 0.25) is 0 Å². The lowest BCUT2D eigenvalue weighted by Crippen LogP contribution is -2.37. The van der Waals surface area contributed by atoms with Crippen LogP contribution in [-0.2, 0) is 13.1 Å². The molecule has 0 amide bonds. The van der Waals surface area contributed by atoms with E-state index in [0.29, 0.717) is 6.04 Å². The second-order valence-electron chi connectivity index (χ2n) is 5.22. The van der Waals surface area contributed by atoms with Crippen LogP contribution in [0.5, 0.6) is 0 Å². The van der Waals surface area contributed by atoms with Gasteiger partial charge in [0.2, 0.25) is 0 Å². The Labute approximate surface area is 110 Å². The molecular weight excluding hydrogens is 224 g/mol. The average Bonchev–Trinajstić information content (AvgIpc) is 2.99. The third-order valence-electron chi connectivity index (χ3n) is 3.85. The Balaban J connectivity index is 1.93. The summed E-state index contributed by atoms with van der Waals surface area (Å²) in [4.78, 5) is 2.52. The van der Waals surface area contributed by atoms with Crippen molar-refractivity contribution in [2.24, 2.45) is 0 Å². The van der Waals surface area contributed by atoms with Gasteiger partial charge in [0.25, 0.3) is 0 Å². The second-order valence-corrected chi connectivity index (χ2v) is 5.22. The Morgan fingerprint density at radius 1 is 1.50 bits per heavy atom. The number of nitrogens with one attached hydrogen (secondary N) is 1. The standard InChI is InChI=1S/C14H26N4/c1-4-17(11-14-7-6-8-15-14)9-13-10-18(5-2)16-12(13)3/h10,14-15H,4-9,11H2,1-3H3/t14-/m0/s1. The van der Waals surface area contributed by atoms with Crippen LogP contribution in [0.4, 0.5) is 0 Å². The minimum absolute atomic E-state index is 0.687. The van der Waals surface area contributed by atoms with E-state index in [0.717, 1.165) is 26.2 Å². The third kappa shape index (κ3) is 3.33. The van der Waals surface area contributed by atoms with Crippen molar-refractivity contribution in [3.05, 3.63) is 17.5 Å². The molecule has 102 valence electrons. The molecule has 0 aliphatic carbocycles. The molecule has 0 radical (unpaired) electrons. The Morgan fingerprint density at radius 2 is 2.33 bits per heavy atom. The normalized spacial score (nSPS) is 19.9. The fourth-order valence-electron chi connectivity index (χ4n) is 2.65. The van der Waals surface area contributed by atoms with Crippen molar-refractivity contribution in [2.45, 2.75) is 52.7 Å².